The van der Waals surface area contributed by atoms with Crippen molar-refractivity contribution in [3.8, 4) is 0 Å². The van der Waals surface area contributed by atoms with Gasteiger partial charge in [0.05, 0.1) is 15.5 Å². The fourth-order valence-corrected chi connectivity index (χ4v) is 1.91. The topological polar surface area (TPSA) is 75.4 Å². The molecule has 1 aromatic rings. The van der Waals surface area contributed by atoms with E-state index in [2.05, 4.69) is 21.2 Å². The van der Waals surface area contributed by atoms with E-state index in [9.17, 15) is 15.2 Å². The van der Waals surface area contributed by atoms with Crippen LogP contribution in [0.1, 0.15) is 18.9 Å². The number of nitrogens with zero attached hydrogens (tertiary/aromatic N) is 1. The van der Waals surface area contributed by atoms with Crippen LogP contribution >= 0.6 is 15.9 Å². The zero-order chi connectivity index (χ0) is 12.8. The standard InChI is InChI=1S/C11H15BrN2O3/c1-2-9(15)7-13-6-8-4-3-5-10(11(8)12)14(16)17/h3-5,9,13,15H,2,6-7H2,1H3. The number of aliphatic hydroxyl groups is 1. The lowest BCUT2D eigenvalue weighted by molar-refractivity contribution is -0.385. The van der Waals surface area contributed by atoms with E-state index in [0.717, 1.165) is 5.56 Å². The first-order chi connectivity index (χ1) is 8.06. The summed E-state index contributed by atoms with van der Waals surface area (Å²) in [5.41, 5.74) is 0.864. The number of rotatable bonds is 6. The van der Waals surface area contributed by atoms with Crippen LogP contribution in [0.2, 0.25) is 0 Å². The fourth-order valence-electron chi connectivity index (χ4n) is 1.36. The molecule has 0 bridgehead atoms. The molecule has 0 aliphatic heterocycles. The number of aliphatic hydroxyl groups excluding tert-OH is 1. The summed E-state index contributed by atoms with van der Waals surface area (Å²) < 4.78 is 0.489. The highest BCUT2D eigenvalue weighted by Crippen LogP contribution is 2.27. The minimum atomic E-state index is -0.422. The van der Waals surface area contributed by atoms with Crippen LogP contribution in [0.3, 0.4) is 0 Å². The van der Waals surface area contributed by atoms with Gasteiger partial charge in [-0.2, -0.15) is 0 Å². The number of nitrogens with one attached hydrogen (secondary N) is 1. The Bertz CT molecular complexity index is 398. The minimum Gasteiger partial charge on any atom is -0.392 e. The molecule has 0 saturated carbocycles. The normalized spacial score (nSPS) is 12.4. The molecule has 0 aliphatic carbocycles. The van der Waals surface area contributed by atoms with E-state index in [0.29, 0.717) is 24.0 Å². The Morgan fingerprint density at radius 2 is 2.29 bits per heavy atom. The molecule has 0 aliphatic rings. The highest BCUT2D eigenvalue weighted by atomic mass is 79.9. The smallest absolute Gasteiger partial charge is 0.283 e. The van der Waals surface area contributed by atoms with Crippen molar-refractivity contribution in [2.75, 3.05) is 6.54 Å². The zero-order valence-electron chi connectivity index (χ0n) is 9.52. The van der Waals surface area contributed by atoms with Crippen LogP contribution in [0.5, 0.6) is 0 Å². The van der Waals surface area contributed by atoms with Crippen molar-refractivity contribution < 1.29 is 10.0 Å². The molecular weight excluding hydrogens is 288 g/mol. The van der Waals surface area contributed by atoms with Crippen molar-refractivity contribution in [1.29, 1.82) is 0 Å². The van der Waals surface area contributed by atoms with Gasteiger partial charge >= 0.3 is 0 Å². The summed E-state index contributed by atoms with van der Waals surface area (Å²) in [6, 6.07) is 4.91. The minimum absolute atomic E-state index is 0.0559. The van der Waals surface area contributed by atoms with Crippen molar-refractivity contribution in [3.05, 3.63) is 38.3 Å². The Kier molecular flexibility index (Phi) is 5.54. The van der Waals surface area contributed by atoms with E-state index >= 15 is 0 Å². The van der Waals surface area contributed by atoms with E-state index < -0.39 is 4.92 Å². The van der Waals surface area contributed by atoms with E-state index in [1.807, 2.05) is 13.0 Å². The zero-order valence-corrected chi connectivity index (χ0v) is 11.1. The van der Waals surface area contributed by atoms with Gasteiger partial charge < -0.3 is 10.4 Å². The third-order valence-electron chi connectivity index (χ3n) is 2.42. The van der Waals surface area contributed by atoms with Crippen LogP contribution in [0.25, 0.3) is 0 Å². The third kappa shape index (κ3) is 4.07. The van der Waals surface area contributed by atoms with Gasteiger partial charge in [-0.1, -0.05) is 19.1 Å². The Morgan fingerprint density at radius 3 is 2.88 bits per heavy atom. The predicted molar refractivity (Wildman–Crippen MR) is 68.8 cm³/mol. The second kappa shape index (κ2) is 6.68. The number of halogens is 1. The van der Waals surface area contributed by atoms with Gasteiger partial charge in [-0.15, -0.1) is 0 Å². The SMILES string of the molecule is CCC(O)CNCc1cccc([N+](=O)[O-])c1Br. The Morgan fingerprint density at radius 1 is 1.59 bits per heavy atom. The molecule has 1 unspecified atom stereocenters. The molecule has 6 heteroatoms. The summed E-state index contributed by atoms with van der Waals surface area (Å²) in [5.74, 6) is 0. The van der Waals surface area contributed by atoms with Gasteiger partial charge in [-0.05, 0) is 27.9 Å². The first-order valence-corrected chi connectivity index (χ1v) is 6.16. The Labute approximate surface area is 108 Å². The van der Waals surface area contributed by atoms with E-state index in [1.54, 1.807) is 6.07 Å². The van der Waals surface area contributed by atoms with E-state index in [1.165, 1.54) is 6.07 Å². The highest BCUT2D eigenvalue weighted by Gasteiger charge is 2.14. The van der Waals surface area contributed by atoms with Gasteiger partial charge in [0.2, 0.25) is 0 Å². The molecule has 0 aromatic heterocycles. The van der Waals surface area contributed by atoms with Crippen LogP contribution in [0.4, 0.5) is 5.69 Å². The second-order valence-electron chi connectivity index (χ2n) is 3.70. The van der Waals surface area contributed by atoms with Gasteiger partial charge in [0.25, 0.3) is 5.69 Å². The third-order valence-corrected chi connectivity index (χ3v) is 3.34. The van der Waals surface area contributed by atoms with E-state index in [4.69, 9.17) is 0 Å². The van der Waals surface area contributed by atoms with Crippen molar-refractivity contribution in [1.82, 2.24) is 5.32 Å². The molecule has 94 valence electrons. The predicted octanol–water partition coefficient (Wildman–Crippen LogP) is 2.22. The molecule has 17 heavy (non-hydrogen) atoms. The van der Waals surface area contributed by atoms with Crippen LogP contribution in [0.15, 0.2) is 22.7 Å². The quantitative estimate of drug-likeness (QED) is 0.624. The van der Waals surface area contributed by atoms with Crippen molar-refractivity contribution in [3.63, 3.8) is 0 Å². The van der Waals surface area contributed by atoms with Crippen LogP contribution in [-0.2, 0) is 6.54 Å². The van der Waals surface area contributed by atoms with Crippen molar-refractivity contribution in [2.24, 2.45) is 0 Å². The summed E-state index contributed by atoms with van der Waals surface area (Å²) in [4.78, 5) is 10.3. The molecule has 1 rings (SSSR count). The Balaban J connectivity index is 2.66. The lowest BCUT2D eigenvalue weighted by Crippen LogP contribution is -2.25. The molecule has 2 N–H and O–H groups in total. The summed E-state index contributed by atoms with van der Waals surface area (Å²) in [6.45, 7) is 2.86. The summed E-state index contributed by atoms with van der Waals surface area (Å²) in [6.07, 6.45) is 0.302. The van der Waals surface area contributed by atoms with Gasteiger partial charge in [-0.25, -0.2) is 0 Å². The lowest BCUT2D eigenvalue weighted by Gasteiger charge is -2.10. The number of hydrogen-bond donors (Lipinski definition) is 2. The van der Waals surface area contributed by atoms with Crippen LogP contribution < -0.4 is 5.32 Å². The fraction of sp³-hybridized carbons (Fsp3) is 0.455. The molecule has 0 saturated heterocycles. The second-order valence-corrected chi connectivity index (χ2v) is 4.49. The Hall–Kier alpha value is -0.980. The maximum atomic E-state index is 10.7. The average molecular weight is 303 g/mol. The van der Waals surface area contributed by atoms with Gasteiger partial charge in [-0.3, -0.25) is 10.1 Å². The molecule has 1 atom stereocenters. The number of benzene rings is 1. The number of nitro benzene ring substituents is 1. The van der Waals surface area contributed by atoms with Crippen LogP contribution in [0, 0.1) is 10.1 Å². The lowest BCUT2D eigenvalue weighted by atomic mass is 10.2. The molecule has 0 fully saturated rings. The largest absolute Gasteiger partial charge is 0.392 e. The van der Waals surface area contributed by atoms with Gasteiger partial charge in [0.1, 0.15) is 0 Å². The first-order valence-electron chi connectivity index (χ1n) is 5.36. The molecule has 5 nitrogen and oxygen atoms in total. The highest BCUT2D eigenvalue weighted by molar-refractivity contribution is 9.10. The van der Waals surface area contributed by atoms with E-state index in [-0.39, 0.29) is 11.8 Å². The monoisotopic (exact) mass is 302 g/mol. The summed E-state index contributed by atoms with van der Waals surface area (Å²) in [5, 5.41) is 23.1. The molecule has 0 radical (unpaired) electrons. The van der Waals surface area contributed by atoms with Gasteiger partial charge in [0.15, 0.2) is 0 Å². The molecule has 0 amide bonds. The molecule has 0 heterocycles. The molecule has 0 spiro atoms. The number of nitro groups is 1. The van der Waals surface area contributed by atoms with Gasteiger partial charge in [0, 0.05) is 19.2 Å². The first kappa shape index (κ1) is 14.1. The van der Waals surface area contributed by atoms with Crippen molar-refractivity contribution in [2.45, 2.75) is 26.0 Å². The molecular formula is C11H15BrN2O3. The molecule has 1 aromatic carbocycles. The summed E-state index contributed by atoms with van der Waals surface area (Å²) >= 11 is 3.22. The summed E-state index contributed by atoms with van der Waals surface area (Å²) in [7, 11) is 0. The maximum Gasteiger partial charge on any atom is 0.283 e. The maximum absolute atomic E-state index is 10.7. The van der Waals surface area contributed by atoms with Crippen LogP contribution in [-0.4, -0.2) is 22.7 Å². The van der Waals surface area contributed by atoms with Crippen molar-refractivity contribution >= 4 is 21.6 Å². The average Bonchev–Trinajstić information content (AvgIpc) is 2.30. The number of hydrogen-bond acceptors (Lipinski definition) is 4.